The van der Waals surface area contributed by atoms with Crippen LogP contribution in [0.5, 0.6) is 0 Å². The first-order valence-corrected chi connectivity index (χ1v) is 7.10. The highest BCUT2D eigenvalue weighted by Crippen LogP contribution is 2.33. The molecule has 4 nitrogen and oxygen atoms in total. The zero-order chi connectivity index (χ0) is 14.7. The topological polar surface area (TPSA) is 58.6 Å². The number of carboxylic acids is 1. The van der Waals surface area contributed by atoms with E-state index < -0.39 is 11.8 Å². The highest BCUT2D eigenvalue weighted by Gasteiger charge is 2.19. The van der Waals surface area contributed by atoms with Gasteiger partial charge in [0.2, 0.25) is 0 Å². The Hall–Kier alpha value is -1.50. The summed E-state index contributed by atoms with van der Waals surface area (Å²) in [7, 11) is 0. The van der Waals surface area contributed by atoms with Crippen LogP contribution in [0.25, 0.3) is 10.1 Å². The summed E-state index contributed by atoms with van der Waals surface area (Å²) in [6.45, 7) is 4.68. The fourth-order valence-corrected chi connectivity index (χ4v) is 2.93. The van der Waals surface area contributed by atoms with Crippen LogP contribution in [0, 0.1) is 11.7 Å². The Morgan fingerprint density at radius 2 is 2.25 bits per heavy atom. The molecule has 0 unspecified atom stereocenters. The van der Waals surface area contributed by atoms with Gasteiger partial charge in [0, 0.05) is 22.2 Å². The maximum Gasteiger partial charge on any atom is 0.346 e. The van der Waals surface area contributed by atoms with Crippen LogP contribution in [0.15, 0.2) is 18.2 Å². The quantitative estimate of drug-likeness (QED) is 0.633. The van der Waals surface area contributed by atoms with Crippen LogP contribution in [-0.2, 0) is 11.4 Å². The van der Waals surface area contributed by atoms with Crippen molar-refractivity contribution in [2.45, 2.75) is 20.4 Å². The highest BCUT2D eigenvalue weighted by atomic mass is 32.1. The molecule has 1 aromatic carbocycles. The summed E-state index contributed by atoms with van der Waals surface area (Å²) in [5, 5.41) is 9.58. The van der Waals surface area contributed by atoms with Gasteiger partial charge in [-0.1, -0.05) is 19.9 Å². The summed E-state index contributed by atoms with van der Waals surface area (Å²) in [5.41, 5.74) is 3.14. The second-order valence-electron chi connectivity index (χ2n) is 4.85. The SMILES string of the molecule is CC(C)CONCc1c(C(=O)O)sc2cccc(F)c12. The van der Waals surface area contributed by atoms with Crippen molar-refractivity contribution in [2.75, 3.05) is 6.61 Å². The van der Waals surface area contributed by atoms with Gasteiger partial charge in [-0.25, -0.2) is 9.18 Å². The molecule has 6 heteroatoms. The number of thiophene rings is 1. The Morgan fingerprint density at radius 1 is 1.50 bits per heavy atom. The number of aromatic carboxylic acids is 1. The number of hydrogen-bond donors (Lipinski definition) is 2. The Balaban J connectivity index is 2.29. The Kier molecular flexibility index (Phi) is 4.69. The van der Waals surface area contributed by atoms with E-state index in [0.717, 1.165) is 11.3 Å². The van der Waals surface area contributed by atoms with E-state index in [1.54, 1.807) is 12.1 Å². The molecule has 0 aliphatic carbocycles. The van der Waals surface area contributed by atoms with E-state index in [2.05, 4.69) is 5.48 Å². The second kappa shape index (κ2) is 6.30. The number of nitrogens with one attached hydrogen (secondary N) is 1. The first-order valence-electron chi connectivity index (χ1n) is 6.28. The maximum absolute atomic E-state index is 13.9. The lowest BCUT2D eigenvalue weighted by atomic mass is 10.1. The van der Waals surface area contributed by atoms with Crippen LogP contribution in [0.3, 0.4) is 0 Å². The van der Waals surface area contributed by atoms with Crippen LogP contribution in [-0.4, -0.2) is 17.7 Å². The Bertz CT molecular complexity index is 624. The van der Waals surface area contributed by atoms with Gasteiger partial charge in [-0.2, -0.15) is 5.48 Å². The molecule has 2 aromatic rings. The summed E-state index contributed by atoms with van der Waals surface area (Å²) in [5.74, 6) is -1.10. The molecule has 108 valence electrons. The van der Waals surface area contributed by atoms with E-state index in [-0.39, 0.29) is 11.4 Å². The molecular formula is C14H16FNO3S. The molecule has 2 N–H and O–H groups in total. The number of benzene rings is 1. The monoisotopic (exact) mass is 297 g/mol. The molecule has 0 amide bonds. The highest BCUT2D eigenvalue weighted by molar-refractivity contribution is 7.21. The summed E-state index contributed by atoms with van der Waals surface area (Å²) in [6, 6.07) is 4.62. The smallest absolute Gasteiger partial charge is 0.346 e. The lowest BCUT2D eigenvalue weighted by Crippen LogP contribution is -2.18. The summed E-state index contributed by atoms with van der Waals surface area (Å²) < 4.78 is 14.5. The molecule has 20 heavy (non-hydrogen) atoms. The lowest BCUT2D eigenvalue weighted by Gasteiger charge is -2.08. The van der Waals surface area contributed by atoms with Gasteiger partial charge in [-0.05, 0) is 18.1 Å². The molecule has 1 heterocycles. The molecule has 1 aromatic heterocycles. The van der Waals surface area contributed by atoms with Gasteiger partial charge < -0.3 is 9.94 Å². The van der Waals surface area contributed by atoms with Crippen molar-refractivity contribution in [2.24, 2.45) is 5.92 Å². The summed E-state index contributed by atoms with van der Waals surface area (Å²) in [6.07, 6.45) is 0. The van der Waals surface area contributed by atoms with Gasteiger partial charge in [0.15, 0.2) is 0 Å². The van der Waals surface area contributed by atoms with Crippen molar-refractivity contribution in [3.05, 3.63) is 34.5 Å². The number of carboxylic acid groups (broad SMARTS) is 1. The van der Waals surface area contributed by atoms with Crippen molar-refractivity contribution < 1.29 is 19.1 Å². The molecule has 0 bridgehead atoms. The average molecular weight is 297 g/mol. The molecular weight excluding hydrogens is 281 g/mol. The zero-order valence-corrected chi connectivity index (χ0v) is 12.1. The Labute approximate surface area is 120 Å². The third kappa shape index (κ3) is 3.15. The number of rotatable bonds is 6. The molecule has 0 aliphatic rings. The molecule has 0 fully saturated rings. The number of carbonyl (C=O) groups is 1. The first-order chi connectivity index (χ1) is 9.50. The summed E-state index contributed by atoms with van der Waals surface area (Å²) >= 11 is 1.08. The predicted octanol–water partition coefficient (Wildman–Crippen LogP) is 3.42. The third-order valence-electron chi connectivity index (χ3n) is 2.73. The van der Waals surface area contributed by atoms with Gasteiger partial charge in [-0.3, -0.25) is 0 Å². The van der Waals surface area contributed by atoms with E-state index in [1.165, 1.54) is 6.07 Å². The fraction of sp³-hybridized carbons (Fsp3) is 0.357. The lowest BCUT2D eigenvalue weighted by molar-refractivity contribution is 0.0197. The van der Waals surface area contributed by atoms with Crippen molar-refractivity contribution in [1.82, 2.24) is 5.48 Å². The van der Waals surface area contributed by atoms with Crippen LogP contribution >= 0.6 is 11.3 Å². The molecule has 0 aliphatic heterocycles. The van der Waals surface area contributed by atoms with Gasteiger partial charge in [0.1, 0.15) is 10.7 Å². The molecule has 0 saturated carbocycles. The second-order valence-corrected chi connectivity index (χ2v) is 5.91. The predicted molar refractivity (Wildman–Crippen MR) is 76.4 cm³/mol. The molecule has 0 spiro atoms. The van der Waals surface area contributed by atoms with Gasteiger partial charge in [-0.15, -0.1) is 11.3 Å². The van der Waals surface area contributed by atoms with Gasteiger partial charge >= 0.3 is 5.97 Å². The van der Waals surface area contributed by atoms with Crippen LogP contribution in [0.1, 0.15) is 29.1 Å². The van der Waals surface area contributed by atoms with E-state index in [4.69, 9.17) is 4.84 Å². The molecule has 2 rings (SSSR count). The summed E-state index contributed by atoms with van der Waals surface area (Å²) in [4.78, 5) is 16.6. The van der Waals surface area contributed by atoms with Crippen LogP contribution in [0.2, 0.25) is 0 Å². The van der Waals surface area contributed by atoms with E-state index in [0.29, 0.717) is 28.2 Å². The van der Waals surface area contributed by atoms with Gasteiger partial charge in [0.05, 0.1) is 6.61 Å². The van der Waals surface area contributed by atoms with E-state index >= 15 is 0 Å². The third-order valence-corrected chi connectivity index (χ3v) is 3.91. The number of hydrogen-bond acceptors (Lipinski definition) is 4. The standard InChI is InChI=1S/C14H16FNO3S/c1-8(2)7-19-16-6-9-12-10(15)4-3-5-11(12)20-13(9)14(17)18/h3-5,8,16H,6-7H2,1-2H3,(H,17,18). The van der Waals surface area contributed by atoms with Crippen molar-refractivity contribution >= 4 is 27.4 Å². The van der Waals surface area contributed by atoms with E-state index in [1.807, 2.05) is 13.8 Å². The van der Waals surface area contributed by atoms with Crippen molar-refractivity contribution in [3.8, 4) is 0 Å². The molecule has 0 radical (unpaired) electrons. The van der Waals surface area contributed by atoms with Crippen LogP contribution < -0.4 is 5.48 Å². The Morgan fingerprint density at radius 3 is 2.90 bits per heavy atom. The minimum absolute atomic E-state index is 0.144. The fourth-order valence-electron chi connectivity index (χ4n) is 1.86. The van der Waals surface area contributed by atoms with Crippen molar-refractivity contribution in [3.63, 3.8) is 0 Å². The zero-order valence-electron chi connectivity index (χ0n) is 11.3. The van der Waals surface area contributed by atoms with Crippen LogP contribution in [0.4, 0.5) is 4.39 Å². The first kappa shape index (κ1) is 14.9. The normalized spacial score (nSPS) is 11.4. The van der Waals surface area contributed by atoms with E-state index in [9.17, 15) is 14.3 Å². The average Bonchev–Trinajstić information content (AvgIpc) is 2.75. The van der Waals surface area contributed by atoms with Crippen molar-refractivity contribution in [1.29, 1.82) is 0 Å². The maximum atomic E-state index is 13.9. The number of fused-ring (bicyclic) bond motifs is 1. The number of halogens is 1. The molecule has 0 atom stereocenters. The molecule has 0 saturated heterocycles. The van der Waals surface area contributed by atoms with Gasteiger partial charge in [0.25, 0.3) is 0 Å². The minimum atomic E-state index is -1.05. The minimum Gasteiger partial charge on any atom is -0.477 e. The number of hydroxylamine groups is 1. The largest absolute Gasteiger partial charge is 0.477 e.